The molecule has 2 unspecified atom stereocenters. The van der Waals surface area contributed by atoms with Crippen LogP contribution in [0.25, 0.3) is 0 Å². The molecular formula is C14H19NO3. The van der Waals surface area contributed by atoms with Crippen molar-refractivity contribution in [1.29, 1.82) is 0 Å². The van der Waals surface area contributed by atoms with Crippen molar-refractivity contribution in [3.8, 4) is 5.75 Å². The van der Waals surface area contributed by atoms with Gasteiger partial charge in [0, 0.05) is 19.6 Å². The fraction of sp³-hybridized carbons (Fsp3) is 0.500. The van der Waals surface area contributed by atoms with Gasteiger partial charge in [0.15, 0.2) is 0 Å². The van der Waals surface area contributed by atoms with E-state index in [2.05, 4.69) is 4.90 Å². The van der Waals surface area contributed by atoms with Gasteiger partial charge >= 0.3 is 5.97 Å². The summed E-state index contributed by atoms with van der Waals surface area (Å²) in [5, 5.41) is 9.09. The number of rotatable bonds is 4. The zero-order valence-electron chi connectivity index (χ0n) is 10.8. The molecule has 0 bridgehead atoms. The first-order valence-electron chi connectivity index (χ1n) is 6.18. The van der Waals surface area contributed by atoms with Gasteiger partial charge in [-0.1, -0.05) is 19.1 Å². The molecule has 1 fully saturated rings. The summed E-state index contributed by atoms with van der Waals surface area (Å²) in [4.78, 5) is 13.2. The minimum Gasteiger partial charge on any atom is -0.497 e. The lowest BCUT2D eigenvalue weighted by atomic mass is 9.99. The molecule has 2 rings (SSSR count). The van der Waals surface area contributed by atoms with E-state index < -0.39 is 5.97 Å². The van der Waals surface area contributed by atoms with Crippen LogP contribution in [0.3, 0.4) is 0 Å². The second-order valence-corrected chi connectivity index (χ2v) is 4.96. The van der Waals surface area contributed by atoms with E-state index >= 15 is 0 Å². The van der Waals surface area contributed by atoms with E-state index in [-0.39, 0.29) is 11.8 Å². The van der Waals surface area contributed by atoms with Gasteiger partial charge < -0.3 is 9.84 Å². The van der Waals surface area contributed by atoms with Gasteiger partial charge in [-0.05, 0) is 23.6 Å². The van der Waals surface area contributed by atoms with Crippen molar-refractivity contribution in [2.24, 2.45) is 11.8 Å². The van der Waals surface area contributed by atoms with Crippen molar-refractivity contribution in [1.82, 2.24) is 4.90 Å². The number of aliphatic carboxylic acids is 1. The number of methoxy groups -OCH3 is 1. The Hall–Kier alpha value is -1.55. The smallest absolute Gasteiger partial charge is 0.308 e. The summed E-state index contributed by atoms with van der Waals surface area (Å²) in [7, 11) is 1.65. The number of hydrogen-bond acceptors (Lipinski definition) is 3. The molecule has 0 saturated carbocycles. The predicted octanol–water partition coefficient (Wildman–Crippen LogP) is 1.85. The van der Waals surface area contributed by atoms with Crippen LogP contribution in [0.4, 0.5) is 0 Å². The molecule has 0 aromatic heterocycles. The monoisotopic (exact) mass is 249 g/mol. The minimum atomic E-state index is -0.681. The number of ether oxygens (including phenoxy) is 1. The summed E-state index contributed by atoms with van der Waals surface area (Å²) in [6.45, 7) is 4.30. The van der Waals surface area contributed by atoms with E-state index in [1.807, 2.05) is 31.2 Å². The Bertz CT molecular complexity index is 416. The second kappa shape index (κ2) is 5.40. The van der Waals surface area contributed by atoms with E-state index in [9.17, 15) is 4.79 Å². The average Bonchev–Trinajstić information content (AvgIpc) is 2.71. The number of carboxylic acid groups (broad SMARTS) is 1. The molecule has 2 atom stereocenters. The van der Waals surface area contributed by atoms with Crippen LogP contribution < -0.4 is 4.74 Å². The van der Waals surface area contributed by atoms with Gasteiger partial charge in [0.05, 0.1) is 13.0 Å². The largest absolute Gasteiger partial charge is 0.497 e. The Labute approximate surface area is 107 Å². The highest BCUT2D eigenvalue weighted by molar-refractivity contribution is 5.71. The number of likely N-dealkylation sites (tertiary alicyclic amines) is 1. The first-order valence-corrected chi connectivity index (χ1v) is 6.18. The predicted molar refractivity (Wildman–Crippen MR) is 68.6 cm³/mol. The van der Waals surface area contributed by atoms with Crippen LogP contribution in [0.5, 0.6) is 5.75 Å². The van der Waals surface area contributed by atoms with Crippen molar-refractivity contribution in [2.75, 3.05) is 20.2 Å². The van der Waals surface area contributed by atoms with Gasteiger partial charge in [-0.15, -0.1) is 0 Å². The molecule has 18 heavy (non-hydrogen) atoms. The third-order valence-electron chi connectivity index (χ3n) is 3.57. The molecule has 0 aliphatic carbocycles. The summed E-state index contributed by atoms with van der Waals surface area (Å²) in [6.07, 6.45) is 0. The number of hydrogen-bond donors (Lipinski definition) is 1. The van der Waals surface area contributed by atoms with Gasteiger partial charge in [0.2, 0.25) is 0 Å². The van der Waals surface area contributed by atoms with Crippen LogP contribution in [0, 0.1) is 11.8 Å². The van der Waals surface area contributed by atoms with Crippen molar-refractivity contribution in [3.63, 3.8) is 0 Å². The lowest BCUT2D eigenvalue weighted by Gasteiger charge is -2.15. The topological polar surface area (TPSA) is 49.8 Å². The van der Waals surface area contributed by atoms with Gasteiger partial charge in [0.25, 0.3) is 0 Å². The van der Waals surface area contributed by atoms with E-state index in [0.29, 0.717) is 6.54 Å². The lowest BCUT2D eigenvalue weighted by Crippen LogP contribution is -2.23. The maximum absolute atomic E-state index is 11.1. The fourth-order valence-corrected chi connectivity index (χ4v) is 2.51. The second-order valence-electron chi connectivity index (χ2n) is 4.96. The van der Waals surface area contributed by atoms with Crippen LogP contribution >= 0.6 is 0 Å². The highest BCUT2D eigenvalue weighted by atomic mass is 16.5. The highest BCUT2D eigenvalue weighted by Gasteiger charge is 2.34. The Morgan fingerprint density at radius 1 is 1.39 bits per heavy atom. The molecule has 0 amide bonds. The van der Waals surface area contributed by atoms with Gasteiger partial charge in [-0.2, -0.15) is 0 Å². The third-order valence-corrected chi connectivity index (χ3v) is 3.57. The van der Waals surface area contributed by atoms with Gasteiger partial charge in [-0.25, -0.2) is 0 Å². The highest BCUT2D eigenvalue weighted by Crippen LogP contribution is 2.25. The Balaban J connectivity index is 1.96. The molecule has 1 aliphatic heterocycles. The fourth-order valence-electron chi connectivity index (χ4n) is 2.51. The Kier molecular flexibility index (Phi) is 3.87. The molecule has 0 radical (unpaired) electrons. The number of carbonyl (C=O) groups is 1. The minimum absolute atomic E-state index is 0.223. The van der Waals surface area contributed by atoms with E-state index in [1.54, 1.807) is 7.11 Å². The number of benzene rings is 1. The molecule has 1 N–H and O–H groups in total. The van der Waals surface area contributed by atoms with Gasteiger partial charge in [-0.3, -0.25) is 9.69 Å². The average molecular weight is 249 g/mol. The molecule has 1 saturated heterocycles. The zero-order valence-corrected chi connectivity index (χ0v) is 10.8. The molecule has 1 aromatic carbocycles. The maximum Gasteiger partial charge on any atom is 0.308 e. The molecule has 4 nitrogen and oxygen atoms in total. The van der Waals surface area contributed by atoms with Gasteiger partial charge in [0.1, 0.15) is 5.75 Å². The summed E-state index contributed by atoms with van der Waals surface area (Å²) in [6, 6.07) is 7.92. The normalized spacial score (nSPS) is 24.1. The van der Waals surface area contributed by atoms with E-state index in [0.717, 1.165) is 18.8 Å². The molecule has 1 aliphatic rings. The van der Waals surface area contributed by atoms with Crippen LogP contribution in [0.2, 0.25) is 0 Å². The maximum atomic E-state index is 11.1. The Morgan fingerprint density at radius 2 is 2.06 bits per heavy atom. The molecule has 1 heterocycles. The van der Waals surface area contributed by atoms with E-state index in [1.165, 1.54) is 5.56 Å². The van der Waals surface area contributed by atoms with Crippen LogP contribution in [-0.2, 0) is 11.3 Å². The molecule has 0 spiro atoms. The lowest BCUT2D eigenvalue weighted by molar-refractivity contribution is -0.142. The third kappa shape index (κ3) is 2.82. The zero-order chi connectivity index (χ0) is 13.1. The summed E-state index contributed by atoms with van der Waals surface area (Å²) in [5.41, 5.74) is 1.19. The van der Waals surface area contributed by atoms with Crippen molar-refractivity contribution in [2.45, 2.75) is 13.5 Å². The molecule has 1 aromatic rings. The Morgan fingerprint density at radius 3 is 2.56 bits per heavy atom. The van der Waals surface area contributed by atoms with E-state index in [4.69, 9.17) is 9.84 Å². The van der Waals surface area contributed by atoms with Crippen molar-refractivity contribution in [3.05, 3.63) is 29.8 Å². The van der Waals surface area contributed by atoms with Crippen LogP contribution in [0.1, 0.15) is 12.5 Å². The van der Waals surface area contributed by atoms with Crippen molar-refractivity contribution < 1.29 is 14.6 Å². The number of carboxylic acids is 1. The van der Waals surface area contributed by atoms with Crippen molar-refractivity contribution >= 4 is 5.97 Å². The summed E-state index contributed by atoms with van der Waals surface area (Å²) < 4.78 is 5.11. The van der Waals surface area contributed by atoms with Crippen LogP contribution in [0.15, 0.2) is 24.3 Å². The molecular weight excluding hydrogens is 230 g/mol. The van der Waals surface area contributed by atoms with Crippen LogP contribution in [-0.4, -0.2) is 36.2 Å². The summed E-state index contributed by atoms with van der Waals surface area (Å²) >= 11 is 0. The first-order chi connectivity index (χ1) is 8.60. The SMILES string of the molecule is COc1ccc(CN2CC(C)C(C(=O)O)C2)cc1. The summed E-state index contributed by atoms with van der Waals surface area (Å²) in [5.74, 6) is 0.153. The first kappa shape index (κ1) is 12.9. The quantitative estimate of drug-likeness (QED) is 0.884. The number of nitrogens with zero attached hydrogens (tertiary/aromatic N) is 1. The molecule has 98 valence electrons. The molecule has 4 heteroatoms. The standard InChI is InChI=1S/C14H19NO3/c1-10-7-15(9-13(10)14(16)17)8-11-3-5-12(18-2)6-4-11/h3-6,10,13H,7-9H2,1-2H3,(H,16,17).